The molecule has 1 aromatic heterocycles. The van der Waals surface area contributed by atoms with E-state index in [1.54, 1.807) is 6.20 Å². The minimum absolute atomic E-state index is 0.00790. The van der Waals surface area contributed by atoms with Gasteiger partial charge in [-0.3, -0.25) is 4.79 Å². The summed E-state index contributed by atoms with van der Waals surface area (Å²) in [5.74, 6) is 0.654. The van der Waals surface area contributed by atoms with Crippen LogP contribution in [-0.4, -0.2) is 40.5 Å². The summed E-state index contributed by atoms with van der Waals surface area (Å²) >= 11 is 4.78. The number of thiocarbonyl (C=S) groups is 1. The van der Waals surface area contributed by atoms with E-state index in [1.807, 2.05) is 4.90 Å². The Balaban J connectivity index is 2.14. The normalized spacial score (nSPS) is 15.8. The molecule has 2 heterocycles. The Morgan fingerprint density at radius 2 is 2.31 bits per heavy atom. The van der Waals surface area contributed by atoms with Crippen molar-refractivity contribution in [2.24, 2.45) is 5.73 Å². The maximum atomic E-state index is 11.2. The predicted molar refractivity (Wildman–Crippen MR) is 63.1 cm³/mol. The van der Waals surface area contributed by atoms with Crippen molar-refractivity contribution in [3.8, 4) is 0 Å². The van der Waals surface area contributed by atoms with E-state index in [1.165, 1.54) is 6.20 Å². The maximum Gasteiger partial charge on any atom is 0.239 e. The Kier molecular flexibility index (Phi) is 2.95. The highest BCUT2D eigenvalue weighted by Crippen LogP contribution is 2.09. The smallest absolute Gasteiger partial charge is 0.239 e. The SMILES string of the molecule is NC(=S)c1cnc(N2CCNC(=O)C2)cn1. The minimum Gasteiger partial charge on any atom is -0.388 e. The number of nitrogens with one attached hydrogen (secondary N) is 1. The Labute approximate surface area is 97.9 Å². The lowest BCUT2D eigenvalue weighted by atomic mass is 10.3. The summed E-state index contributed by atoms with van der Waals surface area (Å²) in [6.45, 7) is 1.66. The number of hydrogen-bond donors (Lipinski definition) is 2. The summed E-state index contributed by atoms with van der Waals surface area (Å²) in [5, 5.41) is 2.74. The maximum absolute atomic E-state index is 11.2. The van der Waals surface area contributed by atoms with Crippen LogP contribution in [0.1, 0.15) is 5.69 Å². The molecule has 0 aromatic carbocycles. The molecule has 1 aliphatic heterocycles. The van der Waals surface area contributed by atoms with Gasteiger partial charge < -0.3 is 16.0 Å². The van der Waals surface area contributed by atoms with E-state index >= 15 is 0 Å². The molecule has 0 bridgehead atoms. The molecule has 84 valence electrons. The second-order valence-corrected chi connectivity index (χ2v) is 3.84. The van der Waals surface area contributed by atoms with E-state index in [0.717, 1.165) is 6.54 Å². The molecule has 6 nitrogen and oxygen atoms in total. The molecular formula is C9H11N5OS. The highest BCUT2D eigenvalue weighted by atomic mass is 32.1. The predicted octanol–water partition coefficient (Wildman–Crippen LogP) is -0.953. The van der Waals surface area contributed by atoms with Crippen LogP contribution in [0.25, 0.3) is 0 Å². The molecule has 1 fully saturated rings. The molecule has 1 aromatic rings. The van der Waals surface area contributed by atoms with Gasteiger partial charge in [-0.15, -0.1) is 0 Å². The fraction of sp³-hybridized carbons (Fsp3) is 0.333. The van der Waals surface area contributed by atoms with Crippen molar-refractivity contribution < 1.29 is 4.79 Å². The topological polar surface area (TPSA) is 84.1 Å². The summed E-state index contributed by atoms with van der Waals surface area (Å²) in [4.78, 5) is 21.5. The number of amides is 1. The zero-order valence-corrected chi connectivity index (χ0v) is 9.33. The highest BCUT2D eigenvalue weighted by Gasteiger charge is 2.17. The molecule has 0 aliphatic carbocycles. The van der Waals surface area contributed by atoms with E-state index in [9.17, 15) is 4.79 Å². The van der Waals surface area contributed by atoms with Crippen molar-refractivity contribution in [2.75, 3.05) is 24.5 Å². The molecule has 0 spiro atoms. The lowest BCUT2D eigenvalue weighted by Crippen LogP contribution is -2.48. The summed E-state index contributed by atoms with van der Waals surface area (Å²) in [7, 11) is 0. The van der Waals surface area contributed by atoms with Gasteiger partial charge in [0.2, 0.25) is 5.91 Å². The Bertz CT molecular complexity index is 418. The highest BCUT2D eigenvalue weighted by molar-refractivity contribution is 7.80. The van der Waals surface area contributed by atoms with Crippen LogP contribution in [0.5, 0.6) is 0 Å². The molecule has 2 rings (SSSR count). The van der Waals surface area contributed by atoms with Gasteiger partial charge in [0, 0.05) is 13.1 Å². The molecule has 1 aliphatic rings. The third-order valence-electron chi connectivity index (χ3n) is 2.25. The van der Waals surface area contributed by atoms with Gasteiger partial charge in [0.1, 0.15) is 16.5 Å². The number of carbonyl (C=O) groups is 1. The van der Waals surface area contributed by atoms with Crippen LogP contribution in [0, 0.1) is 0 Å². The van der Waals surface area contributed by atoms with Crippen LogP contribution < -0.4 is 16.0 Å². The third kappa shape index (κ3) is 2.25. The van der Waals surface area contributed by atoms with Crippen molar-refractivity contribution >= 4 is 28.9 Å². The number of anilines is 1. The van der Waals surface area contributed by atoms with E-state index in [4.69, 9.17) is 18.0 Å². The van der Waals surface area contributed by atoms with Gasteiger partial charge in [-0.05, 0) is 0 Å². The average molecular weight is 237 g/mol. The Morgan fingerprint density at radius 1 is 1.50 bits per heavy atom. The van der Waals surface area contributed by atoms with E-state index in [-0.39, 0.29) is 10.9 Å². The van der Waals surface area contributed by atoms with Crippen molar-refractivity contribution in [3.05, 3.63) is 18.1 Å². The molecule has 0 radical (unpaired) electrons. The summed E-state index contributed by atoms with van der Waals surface area (Å²) in [5.41, 5.74) is 5.90. The third-order valence-corrected chi connectivity index (χ3v) is 2.46. The first-order valence-corrected chi connectivity index (χ1v) is 5.21. The number of hydrogen-bond acceptors (Lipinski definition) is 5. The van der Waals surface area contributed by atoms with Crippen LogP contribution in [0.2, 0.25) is 0 Å². The first kappa shape index (κ1) is 10.7. The molecular weight excluding hydrogens is 226 g/mol. The van der Waals surface area contributed by atoms with Gasteiger partial charge in [-0.2, -0.15) is 0 Å². The lowest BCUT2D eigenvalue weighted by molar-refractivity contribution is -0.120. The number of nitrogens with zero attached hydrogens (tertiary/aromatic N) is 3. The first-order chi connectivity index (χ1) is 7.66. The van der Waals surface area contributed by atoms with Crippen LogP contribution in [0.3, 0.4) is 0 Å². The fourth-order valence-corrected chi connectivity index (χ4v) is 1.55. The molecule has 0 atom stereocenters. The quantitative estimate of drug-likeness (QED) is 0.645. The Hall–Kier alpha value is -1.76. The van der Waals surface area contributed by atoms with Crippen molar-refractivity contribution in [2.45, 2.75) is 0 Å². The zero-order chi connectivity index (χ0) is 11.5. The molecule has 0 saturated carbocycles. The monoisotopic (exact) mass is 237 g/mol. The fourth-order valence-electron chi connectivity index (χ4n) is 1.45. The van der Waals surface area contributed by atoms with E-state index < -0.39 is 0 Å². The van der Waals surface area contributed by atoms with Crippen molar-refractivity contribution in [1.29, 1.82) is 0 Å². The molecule has 1 amide bonds. The number of rotatable bonds is 2. The second-order valence-electron chi connectivity index (χ2n) is 3.40. The number of piperazine rings is 1. The number of nitrogens with two attached hydrogens (primary N) is 1. The van der Waals surface area contributed by atoms with Crippen molar-refractivity contribution in [1.82, 2.24) is 15.3 Å². The average Bonchev–Trinajstić information content (AvgIpc) is 2.29. The molecule has 1 saturated heterocycles. The van der Waals surface area contributed by atoms with E-state index in [0.29, 0.717) is 24.6 Å². The van der Waals surface area contributed by atoms with Gasteiger partial charge >= 0.3 is 0 Å². The molecule has 7 heteroatoms. The second kappa shape index (κ2) is 4.40. The lowest BCUT2D eigenvalue weighted by Gasteiger charge is -2.27. The van der Waals surface area contributed by atoms with Gasteiger partial charge in [0.05, 0.1) is 18.9 Å². The summed E-state index contributed by atoms with van der Waals surface area (Å²) in [6.07, 6.45) is 3.09. The summed E-state index contributed by atoms with van der Waals surface area (Å²) in [6, 6.07) is 0. The van der Waals surface area contributed by atoms with Crippen LogP contribution in [0.4, 0.5) is 5.82 Å². The number of aromatic nitrogens is 2. The van der Waals surface area contributed by atoms with Gasteiger partial charge in [0.15, 0.2) is 0 Å². The largest absolute Gasteiger partial charge is 0.388 e. The van der Waals surface area contributed by atoms with Gasteiger partial charge in [-0.25, -0.2) is 9.97 Å². The van der Waals surface area contributed by atoms with Crippen LogP contribution >= 0.6 is 12.2 Å². The molecule has 16 heavy (non-hydrogen) atoms. The first-order valence-electron chi connectivity index (χ1n) is 4.80. The standard InChI is InChI=1S/C9H11N5OS/c10-9(16)6-3-13-7(4-12-6)14-2-1-11-8(15)5-14/h3-4H,1-2,5H2,(H2,10,16)(H,11,15). The Morgan fingerprint density at radius 3 is 2.88 bits per heavy atom. The van der Waals surface area contributed by atoms with E-state index in [2.05, 4.69) is 15.3 Å². The van der Waals surface area contributed by atoms with Gasteiger partial charge in [-0.1, -0.05) is 12.2 Å². The van der Waals surface area contributed by atoms with Crippen LogP contribution in [0.15, 0.2) is 12.4 Å². The van der Waals surface area contributed by atoms with Crippen LogP contribution in [-0.2, 0) is 4.79 Å². The van der Waals surface area contributed by atoms with Crippen molar-refractivity contribution in [3.63, 3.8) is 0 Å². The molecule has 0 unspecified atom stereocenters. The number of carbonyl (C=O) groups excluding carboxylic acids is 1. The molecule has 3 N–H and O–H groups in total. The van der Waals surface area contributed by atoms with Gasteiger partial charge in [0.25, 0.3) is 0 Å². The zero-order valence-electron chi connectivity index (χ0n) is 8.51. The minimum atomic E-state index is -0.00790. The summed E-state index contributed by atoms with van der Waals surface area (Å²) < 4.78 is 0.